The summed E-state index contributed by atoms with van der Waals surface area (Å²) in [5.41, 5.74) is 3.22. The first-order valence-electron chi connectivity index (χ1n) is 13.9. The van der Waals surface area contributed by atoms with Gasteiger partial charge in [-0.3, -0.25) is 4.79 Å². The second-order valence-electron chi connectivity index (χ2n) is 12.0. The summed E-state index contributed by atoms with van der Waals surface area (Å²) in [4.78, 5) is 15.7. The zero-order valence-corrected chi connectivity index (χ0v) is 26.2. The highest BCUT2D eigenvalue weighted by Crippen LogP contribution is 2.45. The number of carboxylic acids is 1. The van der Waals surface area contributed by atoms with Crippen molar-refractivity contribution in [1.82, 2.24) is 4.98 Å². The number of nitrogens with zero attached hydrogens (tertiary/aromatic N) is 1. The van der Waals surface area contributed by atoms with Crippen LogP contribution in [0.25, 0.3) is 0 Å². The second kappa shape index (κ2) is 13.5. The molecule has 3 rings (SSSR count). The Morgan fingerprint density at radius 2 is 1.70 bits per heavy atom. The molecule has 40 heavy (non-hydrogen) atoms. The van der Waals surface area contributed by atoms with Crippen LogP contribution in [0.4, 0.5) is 0 Å². The predicted octanol–water partition coefficient (Wildman–Crippen LogP) is 7.57. The smallest absolute Gasteiger partial charge is 0.311 e. The van der Waals surface area contributed by atoms with E-state index >= 15 is 0 Å². The molecule has 1 unspecified atom stereocenters. The minimum Gasteiger partial charge on any atom is -0.496 e. The van der Waals surface area contributed by atoms with Crippen molar-refractivity contribution in [1.29, 1.82) is 0 Å². The highest BCUT2D eigenvalue weighted by molar-refractivity contribution is 6.74. The molecule has 0 spiro atoms. The summed E-state index contributed by atoms with van der Waals surface area (Å²) >= 11 is 0. The number of rotatable bonds is 14. The molecule has 2 aromatic carbocycles. The van der Waals surface area contributed by atoms with Gasteiger partial charge in [0.15, 0.2) is 14.2 Å². The van der Waals surface area contributed by atoms with Gasteiger partial charge in [0.25, 0.3) is 0 Å². The van der Waals surface area contributed by atoms with Crippen LogP contribution in [-0.2, 0) is 28.5 Å². The molecular weight excluding hydrogens is 522 g/mol. The highest BCUT2D eigenvalue weighted by atomic mass is 28.4. The molecule has 0 fully saturated rings. The monoisotopic (exact) mass is 567 g/mol. The summed E-state index contributed by atoms with van der Waals surface area (Å²) in [6.07, 6.45) is 4.34. The lowest BCUT2D eigenvalue weighted by Gasteiger charge is -2.42. The van der Waals surface area contributed by atoms with Gasteiger partial charge in [-0.05, 0) is 73.5 Å². The third-order valence-electron chi connectivity index (χ3n) is 8.01. The fourth-order valence-corrected chi connectivity index (χ4v) is 5.99. The maximum absolute atomic E-state index is 11.2. The molecule has 2 atom stereocenters. The number of aliphatic carboxylic acids is 1. The van der Waals surface area contributed by atoms with Crippen LogP contribution in [0.15, 0.2) is 53.1 Å². The number of ether oxygens (including phenoxy) is 2. The van der Waals surface area contributed by atoms with E-state index in [9.17, 15) is 9.90 Å². The van der Waals surface area contributed by atoms with E-state index in [1.165, 1.54) is 11.8 Å². The number of hydrogen-bond acceptors (Lipinski definition) is 6. The maximum Gasteiger partial charge on any atom is 0.311 e. The van der Waals surface area contributed by atoms with Gasteiger partial charge in [-0.25, -0.2) is 4.98 Å². The van der Waals surface area contributed by atoms with Gasteiger partial charge in [0.05, 0.1) is 26.5 Å². The van der Waals surface area contributed by atoms with Gasteiger partial charge in [0, 0.05) is 12.0 Å². The Labute approximate surface area is 240 Å². The highest BCUT2D eigenvalue weighted by Gasteiger charge is 2.41. The van der Waals surface area contributed by atoms with E-state index in [2.05, 4.69) is 75.2 Å². The molecular formula is C32H45NO6Si. The molecule has 0 aliphatic heterocycles. The number of aryl methyl sites for hydroxylation is 1. The Hall–Kier alpha value is -3.10. The van der Waals surface area contributed by atoms with Crippen molar-refractivity contribution in [2.45, 2.75) is 84.0 Å². The molecule has 7 nitrogen and oxygen atoms in total. The summed E-state index contributed by atoms with van der Waals surface area (Å²) in [5.74, 6) is 1.45. The van der Waals surface area contributed by atoms with E-state index in [4.69, 9.17) is 18.3 Å². The molecule has 1 aromatic heterocycles. The first-order valence-corrected chi connectivity index (χ1v) is 16.8. The van der Waals surface area contributed by atoms with E-state index < -0.39 is 14.3 Å². The predicted molar refractivity (Wildman–Crippen MR) is 160 cm³/mol. The Morgan fingerprint density at radius 3 is 2.25 bits per heavy atom. The van der Waals surface area contributed by atoms with Crippen LogP contribution < -0.4 is 9.47 Å². The van der Waals surface area contributed by atoms with Crippen LogP contribution in [0, 0.1) is 12.8 Å². The van der Waals surface area contributed by atoms with E-state index in [1.54, 1.807) is 14.2 Å². The number of carbonyl (C=O) groups is 1. The Bertz CT molecular complexity index is 1220. The molecule has 0 aliphatic rings. The van der Waals surface area contributed by atoms with Crippen LogP contribution in [0.1, 0.15) is 68.1 Å². The minimum atomic E-state index is -2.23. The van der Waals surface area contributed by atoms with Crippen LogP contribution in [0.2, 0.25) is 18.1 Å². The summed E-state index contributed by atoms with van der Waals surface area (Å²) in [5, 5.41) is 9.21. The average molecular weight is 568 g/mol. The van der Waals surface area contributed by atoms with Crippen molar-refractivity contribution in [3.63, 3.8) is 0 Å². The molecule has 0 amide bonds. The van der Waals surface area contributed by atoms with Crippen molar-refractivity contribution < 1.29 is 28.2 Å². The zero-order valence-electron chi connectivity index (χ0n) is 25.2. The molecule has 0 saturated heterocycles. The van der Waals surface area contributed by atoms with E-state index in [0.29, 0.717) is 18.1 Å². The van der Waals surface area contributed by atoms with Crippen molar-refractivity contribution in [3.05, 3.63) is 77.0 Å². The molecule has 3 aromatic rings. The number of oxazole rings is 1. The van der Waals surface area contributed by atoms with E-state index in [0.717, 1.165) is 41.9 Å². The van der Waals surface area contributed by atoms with Crippen molar-refractivity contribution in [2.24, 2.45) is 5.92 Å². The number of carboxylic acid groups (broad SMARTS) is 1. The van der Waals surface area contributed by atoms with Gasteiger partial charge >= 0.3 is 5.97 Å². The summed E-state index contributed by atoms with van der Waals surface area (Å²) in [6, 6.07) is 14.6. The lowest BCUT2D eigenvalue weighted by Crippen LogP contribution is -2.43. The van der Waals surface area contributed by atoms with E-state index in [-0.39, 0.29) is 23.5 Å². The second-order valence-corrected chi connectivity index (χ2v) is 16.7. The first kappa shape index (κ1) is 31.4. The number of aromatic nitrogens is 1. The lowest BCUT2D eigenvalue weighted by molar-refractivity contribution is -0.136. The summed E-state index contributed by atoms with van der Waals surface area (Å²) in [6.45, 7) is 13.2. The third kappa shape index (κ3) is 8.21. The standard InChI is InChI=1S/C32H45NO6Si/c1-22-27(36-5)17-25(18-28(22)37-6)31(39-40(7,8)32(2,3)4)24(16-12-15-23-13-10-9-11-14-23)19-29-33-21-26(38-29)20-30(34)35/h9-11,13-14,17-18,21,24,31H,12,15-16,19-20H2,1-8H3,(H,34,35)/t24-,31?/m1/s1. The zero-order chi connectivity index (χ0) is 29.5. The summed E-state index contributed by atoms with van der Waals surface area (Å²) < 4.78 is 24.6. The molecule has 8 heteroatoms. The molecule has 0 radical (unpaired) electrons. The quantitative estimate of drug-likeness (QED) is 0.201. The van der Waals surface area contributed by atoms with Gasteiger partial charge < -0.3 is 23.4 Å². The fourth-order valence-electron chi connectivity index (χ4n) is 4.67. The Balaban J connectivity index is 2.05. The van der Waals surface area contributed by atoms with Crippen molar-refractivity contribution >= 4 is 14.3 Å². The average Bonchev–Trinajstić information content (AvgIpc) is 3.33. The van der Waals surface area contributed by atoms with Crippen molar-refractivity contribution in [3.8, 4) is 11.5 Å². The number of hydrogen-bond donors (Lipinski definition) is 1. The number of benzene rings is 2. The molecule has 0 aliphatic carbocycles. The SMILES string of the molecule is COc1cc(C(O[Si](C)(C)C(C)(C)C)[C@H](CCCc2ccccc2)Cc2ncc(CC(=O)O)o2)cc(OC)c1C. The van der Waals surface area contributed by atoms with Gasteiger partial charge in [0.1, 0.15) is 23.7 Å². The van der Waals surface area contributed by atoms with Crippen LogP contribution in [-0.4, -0.2) is 38.6 Å². The molecule has 1 N–H and O–H groups in total. The third-order valence-corrected chi connectivity index (χ3v) is 12.5. The number of methoxy groups -OCH3 is 2. The van der Waals surface area contributed by atoms with Gasteiger partial charge in [-0.1, -0.05) is 51.1 Å². The van der Waals surface area contributed by atoms with Crippen LogP contribution >= 0.6 is 0 Å². The Morgan fingerprint density at radius 1 is 1.07 bits per heavy atom. The molecule has 0 saturated carbocycles. The molecule has 0 bridgehead atoms. The van der Waals surface area contributed by atoms with Gasteiger partial charge in [-0.2, -0.15) is 0 Å². The van der Waals surface area contributed by atoms with Gasteiger partial charge in [-0.15, -0.1) is 0 Å². The first-order chi connectivity index (χ1) is 18.8. The van der Waals surface area contributed by atoms with E-state index in [1.807, 2.05) is 13.0 Å². The molecule has 1 heterocycles. The van der Waals surface area contributed by atoms with Crippen LogP contribution in [0.5, 0.6) is 11.5 Å². The maximum atomic E-state index is 11.2. The largest absolute Gasteiger partial charge is 0.496 e. The topological polar surface area (TPSA) is 91.0 Å². The fraction of sp³-hybridized carbons (Fsp3) is 0.500. The molecule has 218 valence electrons. The Kier molecular flexibility index (Phi) is 10.6. The van der Waals surface area contributed by atoms with Crippen LogP contribution in [0.3, 0.4) is 0 Å². The lowest BCUT2D eigenvalue weighted by atomic mass is 9.87. The van der Waals surface area contributed by atoms with Crippen molar-refractivity contribution in [2.75, 3.05) is 14.2 Å². The normalized spacial score (nSPS) is 13.6. The summed E-state index contributed by atoms with van der Waals surface area (Å²) in [7, 11) is 1.11. The minimum absolute atomic E-state index is 0.00367. The van der Waals surface area contributed by atoms with Gasteiger partial charge in [0.2, 0.25) is 0 Å².